The van der Waals surface area contributed by atoms with Crippen LogP contribution in [-0.2, 0) is 24.1 Å². The number of ketones is 1. The molecule has 1 heterocycles. The molecule has 3 aliphatic rings. The van der Waals surface area contributed by atoms with Gasteiger partial charge in [0.15, 0.2) is 5.78 Å². The lowest BCUT2D eigenvalue weighted by atomic mass is 9.75. The second-order valence-electron chi connectivity index (χ2n) is 12.8. The van der Waals surface area contributed by atoms with Crippen LogP contribution in [0.25, 0.3) is 5.69 Å². The summed E-state index contributed by atoms with van der Waals surface area (Å²) in [5.41, 5.74) is 12.4. The quantitative estimate of drug-likeness (QED) is 0.475. The molecule has 3 aliphatic carbocycles. The number of hydrogen-bond acceptors (Lipinski definition) is 5. The molecule has 5 rings (SSSR count). The predicted molar refractivity (Wildman–Crippen MR) is 154 cm³/mol. The lowest BCUT2D eigenvalue weighted by Gasteiger charge is -2.31. The predicted octanol–water partition coefficient (Wildman–Crippen LogP) is 4.01. The van der Waals surface area contributed by atoms with Crippen molar-refractivity contribution in [1.29, 1.82) is 0 Å². The van der Waals surface area contributed by atoms with Crippen LogP contribution in [0.1, 0.15) is 96.5 Å². The number of amides is 2. The Morgan fingerprint density at radius 3 is 2.46 bits per heavy atom. The zero-order valence-electron chi connectivity index (χ0n) is 23.9. The number of primary amides is 1. The minimum Gasteiger partial charge on any atom is -0.382 e. The number of nitrogens with zero attached hydrogens (tertiary/aromatic N) is 2. The van der Waals surface area contributed by atoms with E-state index < -0.39 is 5.91 Å². The number of nitrogens with two attached hydrogens (primary N) is 1. The zero-order chi connectivity index (χ0) is 27.9. The monoisotopic (exact) mass is 533 g/mol. The van der Waals surface area contributed by atoms with E-state index in [-0.39, 0.29) is 29.2 Å². The molecule has 1 aromatic carbocycles. The number of carbonyl (C=O) groups is 3. The van der Waals surface area contributed by atoms with Crippen LogP contribution in [-0.4, -0.2) is 59.8 Å². The van der Waals surface area contributed by atoms with Gasteiger partial charge in [0.05, 0.1) is 5.56 Å². The molecule has 0 spiro atoms. The third-order valence-corrected chi connectivity index (χ3v) is 8.65. The summed E-state index contributed by atoms with van der Waals surface area (Å²) in [4.78, 5) is 39.9. The maximum atomic E-state index is 13.2. The van der Waals surface area contributed by atoms with Gasteiger partial charge in [-0.2, -0.15) is 0 Å². The fraction of sp³-hybridized carbons (Fsp3) is 0.581. The lowest BCUT2D eigenvalue weighted by Crippen LogP contribution is -2.41. The largest absolute Gasteiger partial charge is 0.382 e. The first-order valence-electron chi connectivity index (χ1n) is 14.5. The number of rotatable bonds is 8. The van der Waals surface area contributed by atoms with Gasteiger partial charge in [0.1, 0.15) is 0 Å². The van der Waals surface area contributed by atoms with E-state index in [2.05, 4.69) is 29.0 Å². The Hall–Kier alpha value is -3.13. The van der Waals surface area contributed by atoms with Gasteiger partial charge in [-0.3, -0.25) is 14.4 Å². The highest BCUT2D eigenvalue weighted by Gasteiger charge is 2.39. The maximum absolute atomic E-state index is 13.2. The molecule has 2 aromatic rings. The molecule has 1 fully saturated rings. The van der Waals surface area contributed by atoms with Crippen molar-refractivity contribution in [3.63, 3.8) is 0 Å². The Bertz CT molecular complexity index is 1280. The van der Waals surface area contributed by atoms with Crippen molar-refractivity contribution < 1.29 is 14.4 Å². The van der Waals surface area contributed by atoms with Crippen molar-refractivity contribution in [1.82, 2.24) is 14.8 Å². The molecule has 0 radical (unpaired) electrons. The standard InChI is InChI=1S/C31H43N5O3/c1-31(2)17-26-29(27(37)18-31)23-6-5-7-25(23)36(26)21-12-13-22(30(32)39)24(16-21)33-19-8-10-20(11-9-19)34-28(38)14-15-35(3)4/h12-13,16,19-20,33H,5-11,14-15,17-18H2,1-4H3,(H2,32,39)(H,34,38)/t19-,20-. The summed E-state index contributed by atoms with van der Waals surface area (Å²) < 4.78 is 2.30. The third-order valence-electron chi connectivity index (χ3n) is 8.65. The Labute approximate surface area is 231 Å². The Morgan fingerprint density at radius 2 is 1.77 bits per heavy atom. The van der Waals surface area contributed by atoms with Crippen LogP contribution in [0.15, 0.2) is 18.2 Å². The van der Waals surface area contributed by atoms with Gasteiger partial charge in [-0.15, -0.1) is 0 Å². The van der Waals surface area contributed by atoms with Gasteiger partial charge in [-0.1, -0.05) is 13.8 Å². The molecule has 1 saturated carbocycles. The second kappa shape index (κ2) is 10.8. The summed E-state index contributed by atoms with van der Waals surface area (Å²) in [6.45, 7) is 5.08. The van der Waals surface area contributed by atoms with Gasteiger partial charge in [0, 0.05) is 59.8 Å². The van der Waals surface area contributed by atoms with Crippen LogP contribution in [0.2, 0.25) is 0 Å². The molecule has 0 aliphatic heterocycles. The van der Waals surface area contributed by atoms with Crippen LogP contribution in [0.4, 0.5) is 5.69 Å². The molecule has 0 bridgehead atoms. The third kappa shape index (κ3) is 5.76. The summed E-state index contributed by atoms with van der Waals surface area (Å²) in [7, 11) is 3.94. The lowest BCUT2D eigenvalue weighted by molar-refractivity contribution is -0.122. The molecule has 39 heavy (non-hydrogen) atoms. The van der Waals surface area contributed by atoms with Gasteiger partial charge < -0.3 is 25.8 Å². The molecule has 1 aromatic heterocycles. The first kappa shape index (κ1) is 27.4. The van der Waals surface area contributed by atoms with E-state index in [1.54, 1.807) is 0 Å². The molecule has 8 nitrogen and oxygen atoms in total. The number of aromatic nitrogens is 1. The topological polar surface area (TPSA) is 109 Å². The van der Waals surface area contributed by atoms with E-state index in [1.165, 1.54) is 11.3 Å². The van der Waals surface area contributed by atoms with E-state index in [0.717, 1.165) is 80.5 Å². The van der Waals surface area contributed by atoms with Crippen LogP contribution < -0.4 is 16.4 Å². The molecule has 0 atom stereocenters. The van der Waals surface area contributed by atoms with E-state index in [1.807, 2.05) is 37.2 Å². The molecule has 0 saturated heterocycles. The van der Waals surface area contributed by atoms with E-state index in [0.29, 0.717) is 18.4 Å². The smallest absolute Gasteiger partial charge is 0.250 e. The minimum absolute atomic E-state index is 0.0807. The van der Waals surface area contributed by atoms with Gasteiger partial charge in [0.25, 0.3) is 5.91 Å². The Morgan fingerprint density at radius 1 is 1.05 bits per heavy atom. The summed E-state index contributed by atoms with van der Waals surface area (Å²) in [6.07, 6.45) is 8.52. The van der Waals surface area contributed by atoms with Crippen molar-refractivity contribution in [2.24, 2.45) is 11.1 Å². The molecule has 4 N–H and O–H groups in total. The minimum atomic E-state index is -0.457. The number of carbonyl (C=O) groups excluding carboxylic acids is 3. The van der Waals surface area contributed by atoms with Crippen LogP contribution >= 0.6 is 0 Å². The van der Waals surface area contributed by atoms with Gasteiger partial charge >= 0.3 is 0 Å². The SMILES string of the molecule is CN(C)CCC(=O)N[C@H]1CC[C@H](Nc2cc(-n3c4c(c5c3CC(C)(C)CC5=O)CCC4)ccc2C(N)=O)CC1. The van der Waals surface area contributed by atoms with Crippen LogP contribution in [0, 0.1) is 5.41 Å². The van der Waals surface area contributed by atoms with Crippen molar-refractivity contribution in [3.05, 3.63) is 46.3 Å². The highest BCUT2D eigenvalue weighted by Crippen LogP contribution is 2.43. The fourth-order valence-corrected chi connectivity index (χ4v) is 6.77. The molecule has 2 amide bonds. The molecule has 8 heteroatoms. The maximum Gasteiger partial charge on any atom is 0.250 e. The fourth-order valence-electron chi connectivity index (χ4n) is 6.77. The highest BCUT2D eigenvalue weighted by molar-refractivity contribution is 6.01. The first-order valence-corrected chi connectivity index (χ1v) is 14.5. The summed E-state index contributed by atoms with van der Waals surface area (Å²) in [5.74, 6) is -0.0918. The average molecular weight is 534 g/mol. The zero-order valence-corrected chi connectivity index (χ0v) is 23.9. The number of benzene rings is 1. The number of hydrogen-bond donors (Lipinski definition) is 3. The van der Waals surface area contributed by atoms with E-state index >= 15 is 0 Å². The van der Waals surface area contributed by atoms with Gasteiger partial charge in [-0.25, -0.2) is 0 Å². The van der Waals surface area contributed by atoms with Crippen molar-refractivity contribution in [2.45, 2.75) is 90.1 Å². The first-order chi connectivity index (χ1) is 18.5. The van der Waals surface area contributed by atoms with E-state index in [4.69, 9.17) is 5.73 Å². The average Bonchev–Trinajstić information content (AvgIpc) is 3.43. The van der Waals surface area contributed by atoms with Crippen molar-refractivity contribution >= 4 is 23.3 Å². The van der Waals surface area contributed by atoms with Gasteiger partial charge in [-0.05, 0) is 94.6 Å². The molecule has 210 valence electrons. The van der Waals surface area contributed by atoms with Crippen molar-refractivity contribution in [2.75, 3.05) is 26.0 Å². The molecular weight excluding hydrogens is 490 g/mol. The normalized spacial score (nSPS) is 21.9. The number of nitrogens with one attached hydrogen (secondary N) is 2. The number of Topliss-reactive ketones (excluding diaryl/α,β-unsaturated/α-hetero) is 1. The number of anilines is 1. The summed E-state index contributed by atoms with van der Waals surface area (Å²) in [6, 6.07) is 6.21. The summed E-state index contributed by atoms with van der Waals surface area (Å²) >= 11 is 0. The molecular formula is C31H43N5O3. The van der Waals surface area contributed by atoms with Gasteiger partial charge in [0.2, 0.25) is 5.91 Å². The van der Waals surface area contributed by atoms with Crippen molar-refractivity contribution in [3.8, 4) is 5.69 Å². The Balaban J connectivity index is 1.37. The Kier molecular flexibility index (Phi) is 7.60. The molecule has 0 unspecified atom stereocenters. The van der Waals surface area contributed by atoms with Crippen LogP contribution in [0.5, 0.6) is 0 Å². The van der Waals surface area contributed by atoms with Crippen LogP contribution in [0.3, 0.4) is 0 Å². The second-order valence-corrected chi connectivity index (χ2v) is 12.8. The number of fused-ring (bicyclic) bond motifs is 3. The van der Waals surface area contributed by atoms with E-state index in [9.17, 15) is 14.4 Å². The highest BCUT2D eigenvalue weighted by atomic mass is 16.2. The summed E-state index contributed by atoms with van der Waals surface area (Å²) in [5, 5.41) is 6.80.